The third kappa shape index (κ3) is 4.38. The normalized spacial score (nSPS) is 12.6. The van der Waals surface area contributed by atoms with E-state index in [0.717, 1.165) is 6.07 Å². The number of likely N-dealkylation sites (N-methyl/N-ethyl adjacent to an activating group) is 1. The number of aliphatic hydroxyl groups is 1. The van der Waals surface area contributed by atoms with Gasteiger partial charge < -0.3 is 15.7 Å². The largest absolute Gasteiger partial charge is 0.416 e. The minimum atomic E-state index is -4.43. The van der Waals surface area contributed by atoms with Crippen molar-refractivity contribution >= 4 is 5.69 Å². The SMILES string of the molecule is CCN(CC(C)(C)O)c1ccc(CN)c(C(F)(F)F)c1. The fourth-order valence-corrected chi connectivity index (χ4v) is 2.06. The van der Waals surface area contributed by atoms with E-state index in [9.17, 15) is 18.3 Å². The van der Waals surface area contributed by atoms with E-state index in [-0.39, 0.29) is 18.7 Å². The molecule has 0 atom stereocenters. The van der Waals surface area contributed by atoms with E-state index in [0.29, 0.717) is 12.2 Å². The van der Waals surface area contributed by atoms with E-state index < -0.39 is 17.3 Å². The third-order valence-corrected chi connectivity index (χ3v) is 2.94. The Balaban J connectivity index is 3.19. The van der Waals surface area contributed by atoms with Crippen LogP contribution in [0.1, 0.15) is 31.9 Å². The molecule has 0 radical (unpaired) electrons. The molecule has 114 valence electrons. The van der Waals surface area contributed by atoms with Crippen LogP contribution in [0.5, 0.6) is 0 Å². The average Bonchev–Trinajstić information content (AvgIpc) is 2.33. The summed E-state index contributed by atoms with van der Waals surface area (Å²) in [7, 11) is 0. The standard InChI is InChI=1S/C14H21F3N2O/c1-4-19(9-13(2,3)20)11-6-5-10(8-18)12(7-11)14(15,16)17/h5-7,20H,4,8-9,18H2,1-3H3. The first-order valence-electron chi connectivity index (χ1n) is 6.46. The highest BCUT2D eigenvalue weighted by atomic mass is 19.4. The summed E-state index contributed by atoms with van der Waals surface area (Å²) in [5.41, 5.74) is 4.15. The van der Waals surface area contributed by atoms with Crippen LogP contribution in [0, 0.1) is 0 Å². The van der Waals surface area contributed by atoms with E-state index in [4.69, 9.17) is 5.73 Å². The van der Waals surface area contributed by atoms with Crippen LogP contribution in [-0.2, 0) is 12.7 Å². The molecule has 0 spiro atoms. The van der Waals surface area contributed by atoms with Crippen molar-refractivity contribution in [2.24, 2.45) is 5.73 Å². The molecular weight excluding hydrogens is 269 g/mol. The van der Waals surface area contributed by atoms with Gasteiger partial charge in [0.1, 0.15) is 0 Å². The van der Waals surface area contributed by atoms with Crippen molar-refractivity contribution in [2.75, 3.05) is 18.0 Å². The molecule has 3 N–H and O–H groups in total. The van der Waals surface area contributed by atoms with Gasteiger partial charge >= 0.3 is 6.18 Å². The molecular formula is C14H21F3N2O. The Kier molecular flexibility index (Phi) is 5.05. The molecule has 0 aliphatic rings. The second-order valence-electron chi connectivity index (χ2n) is 5.37. The maximum atomic E-state index is 13.0. The van der Waals surface area contributed by atoms with Crippen LogP contribution < -0.4 is 10.6 Å². The number of nitrogens with two attached hydrogens (primary N) is 1. The van der Waals surface area contributed by atoms with Gasteiger partial charge in [0.2, 0.25) is 0 Å². The molecule has 0 fully saturated rings. The number of alkyl halides is 3. The molecule has 0 amide bonds. The number of halogens is 3. The summed E-state index contributed by atoms with van der Waals surface area (Å²) >= 11 is 0. The van der Waals surface area contributed by atoms with Crippen molar-refractivity contribution in [3.8, 4) is 0 Å². The first kappa shape index (κ1) is 16.8. The van der Waals surface area contributed by atoms with E-state index >= 15 is 0 Å². The molecule has 1 aromatic rings. The maximum Gasteiger partial charge on any atom is 0.416 e. The van der Waals surface area contributed by atoms with Crippen LogP contribution in [0.4, 0.5) is 18.9 Å². The van der Waals surface area contributed by atoms with Crippen molar-refractivity contribution in [2.45, 2.75) is 39.1 Å². The van der Waals surface area contributed by atoms with Gasteiger partial charge in [0.25, 0.3) is 0 Å². The summed E-state index contributed by atoms with van der Waals surface area (Å²) in [6.45, 7) is 5.66. The Labute approximate surface area is 117 Å². The summed E-state index contributed by atoms with van der Waals surface area (Å²) in [6, 6.07) is 4.09. The van der Waals surface area contributed by atoms with Crippen molar-refractivity contribution in [3.63, 3.8) is 0 Å². The zero-order valence-electron chi connectivity index (χ0n) is 12.0. The molecule has 0 aliphatic heterocycles. The van der Waals surface area contributed by atoms with Crippen LogP contribution in [0.2, 0.25) is 0 Å². The highest BCUT2D eigenvalue weighted by Crippen LogP contribution is 2.34. The lowest BCUT2D eigenvalue weighted by Gasteiger charge is -2.30. The van der Waals surface area contributed by atoms with Crippen molar-refractivity contribution in [1.29, 1.82) is 0 Å². The van der Waals surface area contributed by atoms with Gasteiger partial charge in [0.15, 0.2) is 0 Å². The summed E-state index contributed by atoms with van der Waals surface area (Å²) in [6.07, 6.45) is -4.43. The maximum absolute atomic E-state index is 13.0. The van der Waals surface area contributed by atoms with E-state index in [2.05, 4.69) is 0 Å². The van der Waals surface area contributed by atoms with Gasteiger partial charge in [-0.25, -0.2) is 0 Å². The monoisotopic (exact) mass is 290 g/mol. The van der Waals surface area contributed by atoms with Gasteiger partial charge in [0.05, 0.1) is 11.2 Å². The van der Waals surface area contributed by atoms with Crippen molar-refractivity contribution in [3.05, 3.63) is 29.3 Å². The smallest absolute Gasteiger partial charge is 0.389 e. The lowest BCUT2D eigenvalue weighted by atomic mass is 10.0. The second-order valence-corrected chi connectivity index (χ2v) is 5.37. The minimum absolute atomic E-state index is 0.0700. The first-order valence-corrected chi connectivity index (χ1v) is 6.46. The first-order chi connectivity index (χ1) is 9.08. The van der Waals surface area contributed by atoms with Crippen LogP contribution in [0.15, 0.2) is 18.2 Å². The molecule has 0 aromatic heterocycles. The predicted octanol–water partition coefficient (Wildman–Crippen LogP) is 2.76. The molecule has 0 heterocycles. The zero-order valence-corrected chi connectivity index (χ0v) is 12.0. The molecule has 0 unspecified atom stereocenters. The Morgan fingerprint density at radius 1 is 1.25 bits per heavy atom. The molecule has 0 saturated carbocycles. The number of nitrogens with zero attached hydrogens (tertiary/aromatic N) is 1. The second kappa shape index (κ2) is 6.01. The van der Waals surface area contributed by atoms with E-state index in [1.54, 1.807) is 24.8 Å². The molecule has 0 saturated heterocycles. The Morgan fingerprint density at radius 2 is 1.85 bits per heavy atom. The summed E-state index contributed by atoms with van der Waals surface area (Å²) in [4.78, 5) is 1.70. The summed E-state index contributed by atoms with van der Waals surface area (Å²) in [5, 5.41) is 9.83. The lowest BCUT2D eigenvalue weighted by Crippen LogP contribution is -2.38. The summed E-state index contributed by atoms with van der Waals surface area (Å²) < 4.78 is 39.0. The third-order valence-electron chi connectivity index (χ3n) is 2.94. The van der Waals surface area contributed by atoms with Crippen LogP contribution in [0.3, 0.4) is 0 Å². The molecule has 1 aromatic carbocycles. The van der Waals surface area contributed by atoms with Gasteiger partial charge in [-0.1, -0.05) is 6.07 Å². The topological polar surface area (TPSA) is 49.5 Å². The Hall–Kier alpha value is -1.27. The fraction of sp³-hybridized carbons (Fsp3) is 0.571. The molecule has 0 aliphatic carbocycles. The number of hydrogen-bond donors (Lipinski definition) is 2. The van der Waals surface area contributed by atoms with E-state index in [1.807, 2.05) is 6.92 Å². The lowest BCUT2D eigenvalue weighted by molar-refractivity contribution is -0.138. The summed E-state index contributed by atoms with van der Waals surface area (Å²) in [5.74, 6) is 0. The van der Waals surface area contributed by atoms with Gasteiger partial charge in [-0.05, 0) is 38.5 Å². The van der Waals surface area contributed by atoms with Crippen molar-refractivity contribution in [1.82, 2.24) is 0 Å². The predicted molar refractivity (Wildman–Crippen MR) is 73.5 cm³/mol. The molecule has 1 rings (SSSR count). The number of anilines is 1. The minimum Gasteiger partial charge on any atom is -0.389 e. The number of hydrogen-bond acceptors (Lipinski definition) is 3. The van der Waals surface area contributed by atoms with Crippen LogP contribution in [0.25, 0.3) is 0 Å². The van der Waals surface area contributed by atoms with Gasteiger partial charge in [-0.3, -0.25) is 0 Å². The Bertz CT molecular complexity index is 453. The quantitative estimate of drug-likeness (QED) is 0.876. The average molecular weight is 290 g/mol. The zero-order chi connectivity index (χ0) is 15.6. The molecule has 3 nitrogen and oxygen atoms in total. The van der Waals surface area contributed by atoms with E-state index in [1.165, 1.54) is 6.07 Å². The van der Waals surface area contributed by atoms with Gasteiger partial charge in [-0.15, -0.1) is 0 Å². The number of rotatable bonds is 5. The molecule has 20 heavy (non-hydrogen) atoms. The Morgan fingerprint density at radius 3 is 2.25 bits per heavy atom. The van der Waals surface area contributed by atoms with Gasteiger partial charge in [0, 0.05) is 25.3 Å². The van der Waals surface area contributed by atoms with Gasteiger partial charge in [-0.2, -0.15) is 13.2 Å². The molecule has 0 bridgehead atoms. The fourth-order valence-electron chi connectivity index (χ4n) is 2.06. The molecule has 6 heteroatoms. The highest BCUT2D eigenvalue weighted by molar-refractivity contribution is 5.52. The number of benzene rings is 1. The van der Waals surface area contributed by atoms with Crippen LogP contribution >= 0.6 is 0 Å². The van der Waals surface area contributed by atoms with Crippen molar-refractivity contribution < 1.29 is 18.3 Å². The highest BCUT2D eigenvalue weighted by Gasteiger charge is 2.33. The van der Waals surface area contributed by atoms with Crippen LogP contribution in [-0.4, -0.2) is 23.8 Å².